The maximum absolute atomic E-state index is 16.0. The van der Waals surface area contributed by atoms with Crippen LogP contribution < -0.4 is 19.9 Å². The molecule has 4 aromatic rings. The average molecular weight is 807 g/mol. The summed E-state index contributed by atoms with van der Waals surface area (Å²) in [6.45, 7) is 11.7. The lowest BCUT2D eigenvalue weighted by Gasteiger charge is -2.41. The number of anilines is 2. The number of halogens is 1. The molecule has 2 N–H and O–H groups in total. The number of aromatic nitrogens is 4. The zero-order valence-electron chi connectivity index (χ0n) is 33.5. The molecule has 10 rings (SSSR count). The molecule has 2 aromatic heterocycles. The molecule has 1 unspecified atom stereocenters. The molecule has 0 bridgehead atoms. The van der Waals surface area contributed by atoms with E-state index in [1.807, 2.05) is 18.2 Å². The van der Waals surface area contributed by atoms with Crippen molar-refractivity contribution in [3.8, 4) is 17.1 Å². The smallest absolute Gasteiger partial charge is 0.255 e. The number of hydrogen-bond acceptors (Lipinski definition) is 12. The van der Waals surface area contributed by atoms with Gasteiger partial charge in [-0.25, -0.2) is 14.4 Å². The minimum atomic E-state index is -0.759. The molecular weight excluding hydrogens is 756 g/mol. The van der Waals surface area contributed by atoms with Crippen LogP contribution in [0.2, 0.25) is 0 Å². The molecule has 3 amide bonds. The molecule has 7 heterocycles. The molecule has 1 aliphatic carbocycles. The molecule has 16 heteroatoms. The third-order valence-electron chi connectivity index (χ3n) is 13.2. The number of ether oxygens (including phenoxy) is 2. The van der Waals surface area contributed by atoms with E-state index in [1.165, 1.54) is 4.90 Å². The van der Waals surface area contributed by atoms with Gasteiger partial charge in [0.1, 0.15) is 35.2 Å². The number of imide groups is 1. The predicted molar refractivity (Wildman–Crippen MR) is 218 cm³/mol. The van der Waals surface area contributed by atoms with Gasteiger partial charge in [-0.3, -0.25) is 29.7 Å². The number of morpholine rings is 1. The zero-order valence-corrected chi connectivity index (χ0v) is 33.5. The highest BCUT2D eigenvalue weighted by Crippen LogP contribution is 2.41. The fraction of sp³-hybridized carbons (Fsp3) is 0.535. The minimum Gasteiger partial charge on any atom is -0.488 e. The van der Waals surface area contributed by atoms with Crippen LogP contribution in [0.3, 0.4) is 0 Å². The van der Waals surface area contributed by atoms with Crippen LogP contribution in [0.4, 0.5) is 15.9 Å². The second-order valence-electron chi connectivity index (χ2n) is 17.4. The van der Waals surface area contributed by atoms with Crippen LogP contribution in [0.1, 0.15) is 61.4 Å². The molecule has 5 fully saturated rings. The van der Waals surface area contributed by atoms with Crippen LogP contribution in [0, 0.1) is 11.7 Å². The lowest BCUT2D eigenvalue weighted by molar-refractivity contribution is -0.136. The van der Waals surface area contributed by atoms with E-state index in [0.717, 1.165) is 125 Å². The average Bonchev–Trinajstić information content (AvgIpc) is 3.66. The number of rotatable bonds is 10. The Morgan fingerprint density at radius 3 is 2.49 bits per heavy atom. The van der Waals surface area contributed by atoms with Gasteiger partial charge in [0.05, 0.1) is 36.2 Å². The highest BCUT2D eigenvalue weighted by Gasteiger charge is 2.42. The van der Waals surface area contributed by atoms with E-state index in [-0.39, 0.29) is 48.7 Å². The summed E-state index contributed by atoms with van der Waals surface area (Å²) in [6.07, 6.45) is 6.21. The van der Waals surface area contributed by atoms with Crippen LogP contribution in [0.5, 0.6) is 5.75 Å². The summed E-state index contributed by atoms with van der Waals surface area (Å²) in [5, 5.41) is 11.1. The molecule has 0 radical (unpaired) electrons. The van der Waals surface area contributed by atoms with Crippen molar-refractivity contribution in [3.63, 3.8) is 0 Å². The summed E-state index contributed by atoms with van der Waals surface area (Å²) in [5.41, 5.74) is 3.61. The quantitative estimate of drug-likeness (QED) is 0.226. The number of piperidine rings is 2. The molecule has 2 aromatic carbocycles. The summed E-state index contributed by atoms with van der Waals surface area (Å²) >= 11 is 0. The van der Waals surface area contributed by atoms with Crippen LogP contribution in [0.25, 0.3) is 22.3 Å². The van der Waals surface area contributed by atoms with Crippen molar-refractivity contribution in [2.24, 2.45) is 5.92 Å². The third-order valence-corrected chi connectivity index (χ3v) is 13.2. The van der Waals surface area contributed by atoms with Gasteiger partial charge < -0.3 is 29.1 Å². The van der Waals surface area contributed by atoms with E-state index < -0.39 is 11.9 Å². The maximum atomic E-state index is 16.0. The molecule has 4 saturated heterocycles. The number of benzene rings is 2. The molecule has 2 atom stereocenters. The highest BCUT2D eigenvalue weighted by atomic mass is 19.1. The number of piperazine rings is 1. The van der Waals surface area contributed by atoms with E-state index in [9.17, 15) is 14.4 Å². The first-order chi connectivity index (χ1) is 28.7. The fourth-order valence-electron chi connectivity index (χ4n) is 9.50. The Hall–Kier alpha value is -5.19. The van der Waals surface area contributed by atoms with E-state index in [2.05, 4.69) is 58.1 Å². The Bertz CT molecular complexity index is 2270. The van der Waals surface area contributed by atoms with Crippen LogP contribution in [-0.2, 0) is 20.9 Å². The molecule has 15 nitrogen and oxygen atoms in total. The van der Waals surface area contributed by atoms with Gasteiger partial charge in [-0.05, 0) is 75.3 Å². The summed E-state index contributed by atoms with van der Waals surface area (Å²) in [5.74, 6) is 0.694. The van der Waals surface area contributed by atoms with Gasteiger partial charge in [0, 0.05) is 94.4 Å². The van der Waals surface area contributed by atoms with Gasteiger partial charge >= 0.3 is 0 Å². The third kappa shape index (κ3) is 7.73. The van der Waals surface area contributed by atoms with Crippen molar-refractivity contribution >= 4 is 40.1 Å². The topological polar surface area (TPSA) is 152 Å². The molecule has 310 valence electrons. The monoisotopic (exact) mass is 806 g/mol. The molecular formula is C43H51FN10O5. The minimum absolute atomic E-state index is 0.0396. The Kier molecular flexibility index (Phi) is 9.96. The summed E-state index contributed by atoms with van der Waals surface area (Å²) in [7, 11) is 0. The Labute approximate surface area is 342 Å². The molecule has 1 saturated carbocycles. The Morgan fingerprint density at radius 2 is 1.71 bits per heavy atom. The lowest BCUT2D eigenvalue weighted by atomic mass is 9.95. The number of amides is 3. The normalized spacial score (nSPS) is 24.2. The molecule has 5 aliphatic heterocycles. The number of carbonyl (C=O) groups is 3. The summed E-state index contributed by atoms with van der Waals surface area (Å²) in [6, 6.07) is 10.7. The number of nitrogens with zero attached hydrogens (tertiary/aromatic N) is 8. The first kappa shape index (κ1) is 38.0. The second-order valence-corrected chi connectivity index (χ2v) is 17.4. The maximum Gasteiger partial charge on any atom is 0.255 e. The van der Waals surface area contributed by atoms with Crippen molar-refractivity contribution in [2.45, 2.75) is 69.7 Å². The number of hydrogen-bond donors (Lipinski definition) is 2. The predicted octanol–water partition coefficient (Wildman–Crippen LogP) is 3.59. The highest BCUT2D eigenvalue weighted by molar-refractivity contribution is 6.05. The van der Waals surface area contributed by atoms with Gasteiger partial charge in [0.15, 0.2) is 5.82 Å². The van der Waals surface area contributed by atoms with E-state index in [4.69, 9.17) is 9.47 Å². The van der Waals surface area contributed by atoms with Crippen molar-refractivity contribution < 1.29 is 28.2 Å². The van der Waals surface area contributed by atoms with E-state index in [1.54, 1.807) is 18.5 Å². The fourth-order valence-corrected chi connectivity index (χ4v) is 9.50. The van der Waals surface area contributed by atoms with Gasteiger partial charge in [0.2, 0.25) is 11.8 Å². The number of fused-ring (bicyclic) bond motifs is 2. The van der Waals surface area contributed by atoms with E-state index in [0.29, 0.717) is 29.3 Å². The SMILES string of the molecule is CC1(Oc2ccc3[nH]nc(-c4cc(N5CCO[C@@H](CN6CCN(CC7CCN(c8ccc9c(c8F)CN(C8CCC(=O)NC8=O)C9=O)CC7)CC6)C5)ncn4)c3c2)CC1. The summed E-state index contributed by atoms with van der Waals surface area (Å²) < 4.78 is 28.5. The first-order valence-corrected chi connectivity index (χ1v) is 21.2. The zero-order chi connectivity index (χ0) is 40.3. The van der Waals surface area contributed by atoms with Gasteiger partial charge in [0.25, 0.3) is 5.91 Å². The van der Waals surface area contributed by atoms with Crippen molar-refractivity contribution in [1.29, 1.82) is 0 Å². The van der Waals surface area contributed by atoms with Crippen molar-refractivity contribution in [2.75, 3.05) is 81.9 Å². The van der Waals surface area contributed by atoms with Gasteiger partial charge in [-0.15, -0.1) is 0 Å². The van der Waals surface area contributed by atoms with Crippen molar-refractivity contribution in [1.82, 2.24) is 40.2 Å². The Morgan fingerprint density at radius 1 is 0.915 bits per heavy atom. The first-order valence-electron chi connectivity index (χ1n) is 21.2. The Balaban J connectivity index is 0.692. The summed E-state index contributed by atoms with van der Waals surface area (Å²) in [4.78, 5) is 57.4. The number of carbonyl (C=O) groups excluding carboxylic acids is 3. The number of H-pyrrole nitrogens is 1. The standard InChI is InChI=1S/C43H51FN10O5/c1-43(10-11-43)59-28-2-4-33-31(20-28)40(49-48-33)34-21-37(46-26-45-34)53-18-19-58-29(24-53)23-51-16-14-50(15-17-51)22-27-8-12-52(13-9-27)35-5-3-30-32(39(35)44)25-54(42(30)57)36-6-7-38(55)47-41(36)56/h2-5,20-21,26-27,29,36H,6-19,22-25H2,1H3,(H,48,49)(H,47,55,56)/t29-,36?/m0/s1. The van der Waals surface area contributed by atoms with Crippen LogP contribution in [-0.4, -0.2) is 142 Å². The largest absolute Gasteiger partial charge is 0.488 e. The lowest BCUT2D eigenvalue weighted by Crippen LogP contribution is -2.53. The number of aromatic amines is 1. The molecule has 6 aliphatic rings. The van der Waals surface area contributed by atoms with Crippen LogP contribution in [0.15, 0.2) is 42.7 Å². The van der Waals surface area contributed by atoms with Gasteiger partial charge in [-0.1, -0.05) is 0 Å². The molecule has 59 heavy (non-hydrogen) atoms. The van der Waals surface area contributed by atoms with Gasteiger partial charge in [-0.2, -0.15) is 5.10 Å². The van der Waals surface area contributed by atoms with Crippen molar-refractivity contribution in [3.05, 3.63) is 59.7 Å². The second kappa shape index (κ2) is 15.4. The molecule has 0 spiro atoms. The van der Waals surface area contributed by atoms with Crippen LogP contribution >= 0.6 is 0 Å². The van der Waals surface area contributed by atoms with E-state index >= 15 is 4.39 Å². The number of nitrogens with one attached hydrogen (secondary N) is 2.